The third-order valence-electron chi connectivity index (χ3n) is 3.12. The van der Waals surface area contributed by atoms with Crippen molar-refractivity contribution in [2.24, 2.45) is 0 Å². The lowest BCUT2D eigenvalue weighted by Gasteiger charge is -2.11. The Kier molecular flexibility index (Phi) is 3.78. The van der Waals surface area contributed by atoms with Crippen molar-refractivity contribution in [2.45, 2.75) is 20.4 Å². The Labute approximate surface area is 108 Å². The van der Waals surface area contributed by atoms with E-state index < -0.39 is 0 Å². The van der Waals surface area contributed by atoms with Gasteiger partial charge in [-0.1, -0.05) is 24.3 Å². The third kappa shape index (κ3) is 2.59. The normalized spacial score (nSPS) is 10.7. The van der Waals surface area contributed by atoms with Gasteiger partial charge in [0.25, 0.3) is 0 Å². The van der Waals surface area contributed by atoms with Crippen LogP contribution < -0.4 is 5.32 Å². The van der Waals surface area contributed by atoms with E-state index in [1.807, 2.05) is 20.9 Å². The highest BCUT2D eigenvalue weighted by atomic mass is 19.1. The van der Waals surface area contributed by atoms with Gasteiger partial charge in [-0.05, 0) is 60.8 Å². The Bertz CT molecular complexity index is 521. The molecule has 1 N–H and O–H groups in total. The molecule has 2 aromatic carbocycles. The molecule has 0 fully saturated rings. The molecule has 18 heavy (non-hydrogen) atoms. The summed E-state index contributed by atoms with van der Waals surface area (Å²) in [6, 6.07) is 11.6. The molecule has 0 heterocycles. The fraction of sp³-hybridized carbons (Fsp3) is 0.250. The lowest BCUT2D eigenvalue weighted by molar-refractivity contribution is 0.625. The number of nitrogens with one attached hydrogen (secondary N) is 1. The summed E-state index contributed by atoms with van der Waals surface area (Å²) in [7, 11) is 1.93. The van der Waals surface area contributed by atoms with Crippen molar-refractivity contribution in [3.8, 4) is 11.1 Å². The fourth-order valence-electron chi connectivity index (χ4n) is 2.36. The van der Waals surface area contributed by atoms with Crippen LogP contribution in [0.2, 0.25) is 0 Å². The van der Waals surface area contributed by atoms with E-state index in [1.54, 1.807) is 12.1 Å². The Hall–Kier alpha value is -1.67. The zero-order chi connectivity index (χ0) is 13.1. The van der Waals surface area contributed by atoms with Gasteiger partial charge in [0.1, 0.15) is 5.82 Å². The van der Waals surface area contributed by atoms with E-state index in [0.29, 0.717) is 0 Å². The topological polar surface area (TPSA) is 12.0 Å². The zero-order valence-corrected chi connectivity index (χ0v) is 11.0. The zero-order valence-electron chi connectivity index (χ0n) is 11.0. The summed E-state index contributed by atoms with van der Waals surface area (Å²) in [6.07, 6.45) is 0. The first-order valence-electron chi connectivity index (χ1n) is 6.12. The molecular formula is C16H18FN. The minimum Gasteiger partial charge on any atom is -0.316 e. The minimum absolute atomic E-state index is 0.166. The number of benzene rings is 2. The van der Waals surface area contributed by atoms with E-state index in [-0.39, 0.29) is 5.82 Å². The third-order valence-corrected chi connectivity index (χ3v) is 3.12. The van der Waals surface area contributed by atoms with Crippen LogP contribution >= 0.6 is 0 Å². The van der Waals surface area contributed by atoms with Crippen LogP contribution in [0.4, 0.5) is 4.39 Å². The van der Waals surface area contributed by atoms with Gasteiger partial charge >= 0.3 is 0 Å². The summed E-state index contributed by atoms with van der Waals surface area (Å²) in [5.74, 6) is -0.166. The van der Waals surface area contributed by atoms with Gasteiger partial charge in [-0.25, -0.2) is 4.39 Å². The van der Waals surface area contributed by atoms with E-state index in [1.165, 1.54) is 5.56 Å². The number of hydrogen-bond donors (Lipinski definition) is 1. The van der Waals surface area contributed by atoms with E-state index >= 15 is 0 Å². The Morgan fingerprint density at radius 1 is 1.00 bits per heavy atom. The second-order valence-corrected chi connectivity index (χ2v) is 4.64. The maximum Gasteiger partial charge on any atom is 0.123 e. The van der Waals surface area contributed by atoms with Gasteiger partial charge in [0.05, 0.1) is 0 Å². The van der Waals surface area contributed by atoms with Crippen molar-refractivity contribution in [1.29, 1.82) is 0 Å². The van der Waals surface area contributed by atoms with Crippen LogP contribution in [0.1, 0.15) is 16.7 Å². The summed E-state index contributed by atoms with van der Waals surface area (Å²) < 4.78 is 13.3. The Balaban J connectivity index is 2.42. The van der Waals surface area contributed by atoms with Gasteiger partial charge < -0.3 is 5.32 Å². The van der Waals surface area contributed by atoms with Gasteiger partial charge in [0.15, 0.2) is 0 Å². The van der Waals surface area contributed by atoms with Gasteiger partial charge in [-0.3, -0.25) is 0 Å². The van der Waals surface area contributed by atoms with Crippen LogP contribution in [0.25, 0.3) is 11.1 Å². The average Bonchev–Trinajstić information content (AvgIpc) is 2.30. The minimum atomic E-state index is -0.166. The maximum absolute atomic E-state index is 13.3. The summed E-state index contributed by atoms with van der Waals surface area (Å²) in [6.45, 7) is 4.77. The number of hydrogen-bond acceptors (Lipinski definition) is 1. The van der Waals surface area contributed by atoms with E-state index in [0.717, 1.165) is 28.8 Å². The molecule has 2 rings (SSSR count). The SMILES string of the molecule is CNCc1ccc(-c2c(C)cc(F)cc2C)cc1. The molecule has 0 spiro atoms. The molecule has 0 saturated carbocycles. The van der Waals surface area contributed by atoms with Crippen LogP contribution in [0.3, 0.4) is 0 Å². The van der Waals surface area contributed by atoms with Gasteiger partial charge in [0, 0.05) is 6.54 Å². The quantitative estimate of drug-likeness (QED) is 0.864. The summed E-state index contributed by atoms with van der Waals surface area (Å²) in [5, 5.41) is 3.12. The standard InChI is InChI=1S/C16H18FN/c1-11-8-15(17)9-12(2)16(11)14-6-4-13(5-7-14)10-18-3/h4-9,18H,10H2,1-3H3. The highest BCUT2D eigenvalue weighted by Crippen LogP contribution is 2.28. The molecule has 0 atom stereocenters. The molecule has 0 bridgehead atoms. The van der Waals surface area contributed by atoms with Crippen molar-refractivity contribution in [2.75, 3.05) is 7.05 Å². The van der Waals surface area contributed by atoms with Crippen molar-refractivity contribution in [3.05, 3.63) is 58.9 Å². The number of aryl methyl sites for hydroxylation is 2. The molecule has 0 radical (unpaired) electrons. The first kappa shape index (κ1) is 12.8. The van der Waals surface area contributed by atoms with Crippen molar-refractivity contribution >= 4 is 0 Å². The molecule has 0 aliphatic rings. The fourth-order valence-corrected chi connectivity index (χ4v) is 2.36. The van der Waals surface area contributed by atoms with Crippen LogP contribution in [-0.2, 0) is 6.54 Å². The first-order valence-corrected chi connectivity index (χ1v) is 6.12. The van der Waals surface area contributed by atoms with E-state index in [4.69, 9.17) is 0 Å². The number of rotatable bonds is 3. The van der Waals surface area contributed by atoms with Crippen molar-refractivity contribution in [1.82, 2.24) is 5.32 Å². The van der Waals surface area contributed by atoms with Gasteiger partial charge in [-0.2, -0.15) is 0 Å². The maximum atomic E-state index is 13.3. The summed E-state index contributed by atoms with van der Waals surface area (Å²) in [4.78, 5) is 0. The lowest BCUT2D eigenvalue weighted by Crippen LogP contribution is -2.04. The predicted octanol–water partition coefficient (Wildman–Crippen LogP) is 3.83. The summed E-state index contributed by atoms with van der Waals surface area (Å²) in [5.41, 5.74) is 5.48. The summed E-state index contributed by atoms with van der Waals surface area (Å²) >= 11 is 0. The molecule has 0 aliphatic heterocycles. The molecule has 2 heteroatoms. The second kappa shape index (κ2) is 5.32. The largest absolute Gasteiger partial charge is 0.316 e. The monoisotopic (exact) mass is 243 g/mol. The molecule has 0 amide bonds. The Morgan fingerprint density at radius 2 is 1.56 bits per heavy atom. The van der Waals surface area contributed by atoms with Crippen molar-refractivity contribution in [3.63, 3.8) is 0 Å². The van der Waals surface area contributed by atoms with Gasteiger partial charge in [-0.15, -0.1) is 0 Å². The first-order chi connectivity index (χ1) is 8.61. The van der Waals surface area contributed by atoms with Gasteiger partial charge in [0.2, 0.25) is 0 Å². The highest BCUT2D eigenvalue weighted by Gasteiger charge is 2.07. The molecule has 0 aromatic heterocycles. The smallest absolute Gasteiger partial charge is 0.123 e. The van der Waals surface area contributed by atoms with Crippen LogP contribution in [0, 0.1) is 19.7 Å². The predicted molar refractivity (Wildman–Crippen MR) is 74.1 cm³/mol. The number of halogens is 1. The van der Waals surface area contributed by atoms with Crippen LogP contribution in [0.15, 0.2) is 36.4 Å². The highest BCUT2D eigenvalue weighted by molar-refractivity contribution is 5.70. The molecule has 1 nitrogen and oxygen atoms in total. The van der Waals surface area contributed by atoms with Crippen LogP contribution in [0.5, 0.6) is 0 Å². The molecule has 0 aliphatic carbocycles. The Morgan fingerprint density at radius 3 is 2.06 bits per heavy atom. The lowest BCUT2D eigenvalue weighted by atomic mass is 9.95. The molecule has 2 aromatic rings. The van der Waals surface area contributed by atoms with Crippen molar-refractivity contribution < 1.29 is 4.39 Å². The van der Waals surface area contributed by atoms with Crippen LogP contribution in [-0.4, -0.2) is 7.05 Å². The molecule has 94 valence electrons. The average molecular weight is 243 g/mol. The van der Waals surface area contributed by atoms with E-state index in [2.05, 4.69) is 29.6 Å². The second-order valence-electron chi connectivity index (χ2n) is 4.64. The van der Waals surface area contributed by atoms with E-state index in [9.17, 15) is 4.39 Å². The molecule has 0 unspecified atom stereocenters. The molecule has 0 saturated heterocycles. The molecular weight excluding hydrogens is 225 g/mol.